The van der Waals surface area contributed by atoms with Crippen molar-refractivity contribution in [3.05, 3.63) is 47.5 Å². The Balaban J connectivity index is 1.63. The van der Waals surface area contributed by atoms with Crippen molar-refractivity contribution in [2.75, 3.05) is 5.73 Å². The second kappa shape index (κ2) is 6.77. The number of para-hydroxylation sites is 1. The van der Waals surface area contributed by atoms with Crippen LogP contribution in [0.1, 0.15) is 37.4 Å². The lowest BCUT2D eigenvalue weighted by atomic mass is 9.81. The lowest BCUT2D eigenvalue weighted by Gasteiger charge is -2.25. The summed E-state index contributed by atoms with van der Waals surface area (Å²) in [5, 5.41) is 10.9. The van der Waals surface area contributed by atoms with E-state index in [0.717, 1.165) is 46.5 Å². The van der Waals surface area contributed by atoms with Crippen LogP contribution in [0.2, 0.25) is 5.02 Å². The summed E-state index contributed by atoms with van der Waals surface area (Å²) in [5.74, 6) is 0.518. The highest BCUT2D eigenvalue weighted by atomic mass is 35.5. The summed E-state index contributed by atoms with van der Waals surface area (Å²) in [7, 11) is 0. The molecule has 1 saturated carbocycles. The molecule has 1 aliphatic rings. The van der Waals surface area contributed by atoms with Gasteiger partial charge in [-0.05, 0) is 37.8 Å². The Hall–Kier alpha value is -3.06. The Morgan fingerprint density at radius 2 is 2.07 bits per heavy atom. The Labute approximate surface area is 171 Å². The summed E-state index contributed by atoms with van der Waals surface area (Å²) in [4.78, 5) is 23.9. The molecule has 1 aromatic carbocycles. The molecule has 0 atom stereocenters. The van der Waals surface area contributed by atoms with E-state index in [1.165, 1.54) is 0 Å². The van der Waals surface area contributed by atoms with Gasteiger partial charge < -0.3 is 15.8 Å². The fraction of sp³-hybridized carbons (Fsp3) is 0.286. The van der Waals surface area contributed by atoms with E-state index in [-0.39, 0.29) is 11.8 Å². The predicted octanol–water partition coefficient (Wildman–Crippen LogP) is 4.47. The van der Waals surface area contributed by atoms with Gasteiger partial charge in [0.2, 0.25) is 0 Å². The number of benzene rings is 1. The van der Waals surface area contributed by atoms with E-state index in [0.29, 0.717) is 23.7 Å². The normalized spacial score (nSPS) is 19.8. The van der Waals surface area contributed by atoms with E-state index in [1.54, 1.807) is 6.20 Å². The van der Waals surface area contributed by atoms with Crippen molar-refractivity contribution in [3.63, 3.8) is 0 Å². The lowest BCUT2D eigenvalue weighted by molar-refractivity contribution is -0.142. The number of aromatic nitrogens is 4. The number of aliphatic carboxylic acids is 1. The minimum Gasteiger partial charge on any atom is -0.481 e. The molecule has 4 aromatic rings. The highest BCUT2D eigenvalue weighted by Gasteiger charge is 2.30. The maximum atomic E-state index is 11.3. The fourth-order valence-corrected chi connectivity index (χ4v) is 4.64. The summed E-state index contributed by atoms with van der Waals surface area (Å²) < 4.78 is 2.00. The van der Waals surface area contributed by atoms with Crippen LogP contribution in [0.4, 0.5) is 5.82 Å². The van der Waals surface area contributed by atoms with Crippen LogP contribution in [0.25, 0.3) is 27.8 Å². The number of rotatable bonds is 3. The topological polar surface area (TPSA) is 109 Å². The molecular weight excluding hydrogens is 390 g/mol. The molecule has 0 amide bonds. The molecule has 5 rings (SSSR count). The number of hydrogen-bond acceptors (Lipinski definition) is 4. The fourth-order valence-electron chi connectivity index (χ4n) is 4.41. The smallest absolute Gasteiger partial charge is 0.306 e. The Bertz CT molecular complexity index is 1240. The number of nitrogen functional groups attached to an aromatic ring is 1. The number of fused-ring (bicyclic) bond motifs is 2. The number of halogens is 1. The van der Waals surface area contributed by atoms with E-state index in [4.69, 9.17) is 22.3 Å². The van der Waals surface area contributed by atoms with Gasteiger partial charge >= 0.3 is 5.97 Å². The zero-order chi connectivity index (χ0) is 20.1. The van der Waals surface area contributed by atoms with Gasteiger partial charge in [-0.2, -0.15) is 0 Å². The number of hydrogen-bond donors (Lipinski definition) is 3. The second-order valence-electron chi connectivity index (χ2n) is 7.62. The Morgan fingerprint density at radius 3 is 2.79 bits per heavy atom. The molecule has 0 aliphatic heterocycles. The van der Waals surface area contributed by atoms with Gasteiger partial charge in [0.1, 0.15) is 22.9 Å². The molecule has 148 valence electrons. The number of carboxylic acid groups (broad SMARTS) is 1. The molecule has 29 heavy (non-hydrogen) atoms. The second-order valence-corrected chi connectivity index (χ2v) is 8.03. The largest absolute Gasteiger partial charge is 0.481 e. The van der Waals surface area contributed by atoms with Crippen molar-refractivity contribution >= 4 is 39.8 Å². The average Bonchev–Trinajstić information content (AvgIpc) is 3.31. The van der Waals surface area contributed by atoms with Gasteiger partial charge in [0.05, 0.1) is 22.2 Å². The standard InChI is InChI=1S/C21H20ClN5O2/c22-14-3-1-2-13-10-15(25-16(13)14)17-18-19(23)24-8-9-27(18)20(26-17)11-4-6-12(7-5-11)21(28)29/h1-3,8-12,25H,4-7H2,(H2,23,24)(H,28,29)/t11-,12+. The Morgan fingerprint density at radius 1 is 1.28 bits per heavy atom. The lowest BCUT2D eigenvalue weighted by Crippen LogP contribution is -2.21. The third-order valence-corrected chi connectivity index (χ3v) is 6.23. The third-order valence-electron chi connectivity index (χ3n) is 5.91. The van der Waals surface area contributed by atoms with Gasteiger partial charge in [-0.25, -0.2) is 9.97 Å². The number of anilines is 1. The minimum atomic E-state index is -0.708. The van der Waals surface area contributed by atoms with Crippen LogP contribution in [-0.4, -0.2) is 30.4 Å². The SMILES string of the molecule is Nc1nccn2c1c(-c1cc3cccc(Cl)c3[nH]1)nc2[C@H]1CC[C@@H](C(=O)O)CC1. The van der Waals surface area contributed by atoms with E-state index in [2.05, 4.69) is 9.97 Å². The molecule has 8 heteroatoms. The average molecular weight is 410 g/mol. The monoisotopic (exact) mass is 409 g/mol. The van der Waals surface area contributed by atoms with Crippen molar-refractivity contribution in [2.45, 2.75) is 31.6 Å². The maximum absolute atomic E-state index is 11.3. The molecule has 0 saturated heterocycles. The van der Waals surface area contributed by atoms with Crippen molar-refractivity contribution in [1.82, 2.24) is 19.4 Å². The van der Waals surface area contributed by atoms with Crippen LogP contribution >= 0.6 is 11.6 Å². The summed E-state index contributed by atoms with van der Waals surface area (Å²) in [6, 6.07) is 7.77. The molecule has 1 aliphatic carbocycles. The molecule has 0 radical (unpaired) electrons. The Kier molecular flexibility index (Phi) is 4.20. The molecule has 4 N–H and O–H groups in total. The first-order chi connectivity index (χ1) is 14.0. The first kappa shape index (κ1) is 18.0. The maximum Gasteiger partial charge on any atom is 0.306 e. The van der Waals surface area contributed by atoms with Gasteiger partial charge in [-0.15, -0.1) is 0 Å². The molecule has 3 aromatic heterocycles. The van der Waals surface area contributed by atoms with E-state index in [9.17, 15) is 9.90 Å². The van der Waals surface area contributed by atoms with Gasteiger partial charge in [-0.1, -0.05) is 23.7 Å². The zero-order valence-electron chi connectivity index (χ0n) is 15.6. The highest BCUT2D eigenvalue weighted by molar-refractivity contribution is 6.35. The first-order valence-electron chi connectivity index (χ1n) is 9.65. The number of nitrogens with one attached hydrogen (secondary N) is 1. The van der Waals surface area contributed by atoms with Crippen molar-refractivity contribution in [1.29, 1.82) is 0 Å². The van der Waals surface area contributed by atoms with Crippen LogP contribution in [-0.2, 0) is 4.79 Å². The predicted molar refractivity (Wildman–Crippen MR) is 112 cm³/mol. The van der Waals surface area contributed by atoms with Crippen LogP contribution in [0, 0.1) is 5.92 Å². The van der Waals surface area contributed by atoms with E-state index in [1.807, 2.05) is 34.9 Å². The first-order valence-corrected chi connectivity index (χ1v) is 10.0. The van der Waals surface area contributed by atoms with E-state index >= 15 is 0 Å². The minimum absolute atomic E-state index is 0.182. The van der Waals surface area contributed by atoms with Crippen molar-refractivity contribution in [3.8, 4) is 11.4 Å². The van der Waals surface area contributed by atoms with Crippen molar-refractivity contribution < 1.29 is 9.90 Å². The van der Waals surface area contributed by atoms with Crippen LogP contribution < -0.4 is 5.73 Å². The van der Waals surface area contributed by atoms with Crippen LogP contribution in [0.15, 0.2) is 36.7 Å². The molecule has 3 heterocycles. The number of carboxylic acids is 1. The number of nitrogens with zero attached hydrogens (tertiary/aromatic N) is 3. The zero-order valence-corrected chi connectivity index (χ0v) is 16.4. The summed E-state index contributed by atoms with van der Waals surface area (Å²) in [6.45, 7) is 0. The summed E-state index contributed by atoms with van der Waals surface area (Å²) in [6.07, 6.45) is 6.44. The highest BCUT2D eigenvalue weighted by Crippen LogP contribution is 2.39. The van der Waals surface area contributed by atoms with Gasteiger partial charge in [0.25, 0.3) is 0 Å². The van der Waals surface area contributed by atoms with Crippen LogP contribution in [0.3, 0.4) is 0 Å². The van der Waals surface area contributed by atoms with Gasteiger partial charge in [0, 0.05) is 23.7 Å². The van der Waals surface area contributed by atoms with Gasteiger partial charge in [0.15, 0.2) is 0 Å². The molecule has 0 bridgehead atoms. The van der Waals surface area contributed by atoms with Gasteiger partial charge in [-0.3, -0.25) is 9.20 Å². The molecular formula is C21H20ClN5O2. The molecule has 0 unspecified atom stereocenters. The summed E-state index contributed by atoms with van der Waals surface area (Å²) >= 11 is 6.33. The molecule has 0 spiro atoms. The van der Waals surface area contributed by atoms with E-state index < -0.39 is 5.97 Å². The molecule has 7 nitrogen and oxygen atoms in total. The number of aromatic amines is 1. The quantitative estimate of drug-likeness (QED) is 0.462. The summed E-state index contributed by atoms with van der Waals surface area (Å²) in [5.41, 5.74) is 9.41. The number of carbonyl (C=O) groups is 1. The molecule has 1 fully saturated rings. The van der Waals surface area contributed by atoms with Crippen molar-refractivity contribution in [2.24, 2.45) is 5.92 Å². The number of nitrogens with two attached hydrogens (primary N) is 1. The van der Waals surface area contributed by atoms with Crippen LogP contribution in [0.5, 0.6) is 0 Å². The third kappa shape index (κ3) is 2.93. The number of H-pyrrole nitrogens is 1. The number of imidazole rings is 1.